The molecule has 0 spiro atoms. The monoisotopic (exact) mass is 400 g/mol. The van der Waals surface area contributed by atoms with Gasteiger partial charge in [-0.3, -0.25) is 4.79 Å². The third kappa shape index (κ3) is 4.10. The van der Waals surface area contributed by atoms with Crippen molar-refractivity contribution in [2.24, 2.45) is 5.14 Å². The highest BCUT2D eigenvalue weighted by molar-refractivity contribution is 9.10. The summed E-state index contributed by atoms with van der Waals surface area (Å²) in [5, 5.41) is 7.82. The van der Waals surface area contributed by atoms with E-state index in [9.17, 15) is 13.2 Å². The van der Waals surface area contributed by atoms with Crippen LogP contribution in [0.2, 0.25) is 0 Å². The highest BCUT2D eigenvalue weighted by Gasteiger charge is 2.15. The number of carbonyl (C=O) groups excluding carboxylic acids is 1. The highest BCUT2D eigenvalue weighted by Crippen LogP contribution is 2.23. The van der Waals surface area contributed by atoms with E-state index in [0.717, 1.165) is 4.90 Å². The Morgan fingerprint density at radius 2 is 1.95 bits per heavy atom. The van der Waals surface area contributed by atoms with Gasteiger partial charge in [-0.2, -0.15) is 0 Å². The van der Waals surface area contributed by atoms with Crippen LogP contribution >= 0.6 is 27.7 Å². The standard InChI is InChI=1S/C14H13BrN2O3S2/c1-21-10-4-2-3-9(7-10)17-14(18)12-8-11(22(16,19)20)5-6-13(12)15/h2-8H,1H3,(H,17,18)(H2,16,19,20). The molecule has 0 atom stereocenters. The summed E-state index contributed by atoms with van der Waals surface area (Å²) in [4.78, 5) is 13.2. The molecule has 0 aliphatic heterocycles. The minimum atomic E-state index is -3.86. The molecule has 0 aromatic heterocycles. The maximum Gasteiger partial charge on any atom is 0.256 e. The first kappa shape index (κ1) is 17.0. The Morgan fingerprint density at radius 3 is 2.59 bits per heavy atom. The number of sulfonamides is 1. The highest BCUT2D eigenvalue weighted by atomic mass is 79.9. The molecule has 0 fully saturated rings. The van der Waals surface area contributed by atoms with E-state index in [1.807, 2.05) is 24.5 Å². The molecule has 0 saturated carbocycles. The van der Waals surface area contributed by atoms with Crippen LogP contribution in [0.4, 0.5) is 5.69 Å². The molecule has 0 bridgehead atoms. The maximum absolute atomic E-state index is 12.3. The molecule has 3 N–H and O–H groups in total. The van der Waals surface area contributed by atoms with E-state index in [0.29, 0.717) is 10.2 Å². The molecule has 0 saturated heterocycles. The molecule has 2 aromatic carbocycles. The number of anilines is 1. The van der Waals surface area contributed by atoms with Gasteiger partial charge in [0, 0.05) is 15.1 Å². The van der Waals surface area contributed by atoms with E-state index in [1.165, 1.54) is 18.2 Å². The summed E-state index contributed by atoms with van der Waals surface area (Å²) >= 11 is 4.80. The molecular formula is C14H13BrN2O3S2. The summed E-state index contributed by atoms with van der Waals surface area (Å²) in [6, 6.07) is 11.4. The Labute approximate surface area is 141 Å². The van der Waals surface area contributed by atoms with Gasteiger partial charge in [-0.1, -0.05) is 6.07 Å². The minimum absolute atomic E-state index is 0.112. The van der Waals surface area contributed by atoms with E-state index in [-0.39, 0.29) is 10.5 Å². The molecule has 22 heavy (non-hydrogen) atoms. The summed E-state index contributed by atoms with van der Waals surface area (Å²) in [6.07, 6.45) is 1.94. The number of thioether (sulfide) groups is 1. The Morgan fingerprint density at radius 1 is 1.23 bits per heavy atom. The molecule has 2 aromatic rings. The van der Waals surface area contributed by atoms with Gasteiger partial charge in [0.05, 0.1) is 10.5 Å². The van der Waals surface area contributed by atoms with Crippen molar-refractivity contribution in [2.75, 3.05) is 11.6 Å². The molecule has 1 amide bonds. The zero-order chi connectivity index (χ0) is 16.3. The van der Waals surface area contributed by atoms with Crippen molar-refractivity contribution in [3.05, 3.63) is 52.5 Å². The maximum atomic E-state index is 12.3. The number of amides is 1. The lowest BCUT2D eigenvalue weighted by atomic mass is 10.2. The molecule has 0 radical (unpaired) electrons. The fraction of sp³-hybridized carbons (Fsp3) is 0.0714. The average Bonchev–Trinajstić information content (AvgIpc) is 2.46. The van der Waals surface area contributed by atoms with Gasteiger partial charge in [-0.05, 0) is 58.6 Å². The van der Waals surface area contributed by atoms with Crippen LogP contribution in [0, 0.1) is 0 Å². The SMILES string of the molecule is CSc1cccc(NC(=O)c2cc(S(N)(=O)=O)ccc2Br)c1. The lowest BCUT2D eigenvalue weighted by molar-refractivity contribution is 0.102. The van der Waals surface area contributed by atoms with Crippen LogP contribution in [0.1, 0.15) is 10.4 Å². The second-order valence-corrected chi connectivity index (χ2v) is 7.67. The van der Waals surface area contributed by atoms with Crippen LogP contribution < -0.4 is 10.5 Å². The van der Waals surface area contributed by atoms with Crippen LogP contribution in [-0.2, 0) is 10.0 Å². The Bertz CT molecular complexity index is 823. The molecule has 5 nitrogen and oxygen atoms in total. The van der Waals surface area contributed by atoms with Gasteiger partial charge in [0.1, 0.15) is 0 Å². The Hall–Kier alpha value is -1.35. The minimum Gasteiger partial charge on any atom is -0.322 e. The number of halogens is 1. The zero-order valence-corrected chi connectivity index (χ0v) is 14.8. The number of hydrogen-bond donors (Lipinski definition) is 2. The van der Waals surface area contributed by atoms with Gasteiger partial charge in [-0.15, -0.1) is 11.8 Å². The Balaban J connectivity index is 2.33. The quantitative estimate of drug-likeness (QED) is 0.771. The van der Waals surface area contributed by atoms with E-state index in [4.69, 9.17) is 5.14 Å². The number of hydrogen-bond acceptors (Lipinski definition) is 4. The molecule has 8 heteroatoms. The predicted molar refractivity (Wildman–Crippen MR) is 91.7 cm³/mol. The molecule has 0 aliphatic carbocycles. The van der Waals surface area contributed by atoms with Crippen molar-refractivity contribution in [3.8, 4) is 0 Å². The lowest BCUT2D eigenvalue weighted by Crippen LogP contribution is -2.16. The van der Waals surface area contributed by atoms with Crippen molar-refractivity contribution in [1.29, 1.82) is 0 Å². The van der Waals surface area contributed by atoms with Gasteiger partial charge in [0.15, 0.2) is 0 Å². The average molecular weight is 401 g/mol. The van der Waals surface area contributed by atoms with Crippen LogP contribution in [0.5, 0.6) is 0 Å². The second-order valence-electron chi connectivity index (χ2n) is 4.37. The van der Waals surface area contributed by atoms with Gasteiger partial charge >= 0.3 is 0 Å². The van der Waals surface area contributed by atoms with Gasteiger partial charge in [0.25, 0.3) is 5.91 Å². The fourth-order valence-corrected chi connectivity index (χ4v) is 3.18. The van der Waals surface area contributed by atoms with Crippen molar-refractivity contribution in [1.82, 2.24) is 0 Å². The lowest BCUT2D eigenvalue weighted by Gasteiger charge is -2.09. The van der Waals surface area contributed by atoms with Crippen molar-refractivity contribution < 1.29 is 13.2 Å². The fourth-order valence-electron chi connectivity index (χ4n) is 1.75. The molecule has 2 rings (SSSR count). The zero-order valence-electron chi connectivity index (χ0n) is 11.5. The van der Waals surface area contributed by atoms with E-state index in [2.05, 4.69) is 21.2 Å². The smallest absolute Gasteiger partial charge is 0.256 e. The van der Waals surface area contributed by atoms with Gasteiger partial charge in [-0.25, -0.2) is 13.6 Å². The number of carbonyl (C=O) groups is 1. The van der Waals surface area contributed by atoms with Crippen molar-refractivity contribution >= 4 is 49.3 Å². The van der Waals surface area contributed by atoms with E-state index >= 15 is 0 Å². The number of primary sulfonamides is 1. The third-order valence-corrected chi connectivity index (χ3v) is 5.17. The summed E-state index contributed by atoms with van der Waals surface area (Å²) in [7, 11) is -3.86. The summed E-state index contributed by atoms with van der Waals surface area (Å²) in [6.45, 7) is 0. The van der Waals surface area contributed by atoms with Crippen LogP contribution in [0.25, 0.3) is 0 Å². The van der Waals surface area contributed by atoms with Crippen LogP contribution in [0.15, 0.2) is 56.7 Å². The molecule has 116 valence electrons. The molecule has 0 heterocycles. The first-order valence-corrected chi connectivity index (χ1v) is 9.65. The predicted octanol–water partition coefficient (Wildman–Crippen LogP) is 3.07. The van der Waals surface area contributed by atoms with Crippen LogP contribution in [0.3, 0.4) is 0 Å². The first-order chi connectivity index (χ1) is 10.3. The number of nitrogens with one attached hydrogen (secondary N) is 1. The normalized spacial score (nSPS) is 11.2. The van der Waals surface area contributed by atoms with Crippen LogP contribution in [-0.4, -0.2) is 20.6 Å². The van der Waals surface area contributed by atoms with Crippen molar-refractivity contribution in [2.45, 2.75) is 9.79 Å². The largest absolute Gasteiger partial charge is 0.322 e. The van der Waals surface area contributed by atoms with E-state index in [1.54, 1.807) is 17.8 Å². The molecular weight excluding hydrogens is 388 g/mol. The summed E-state index contributed by atoms with van der Waals surface area (Å²) in [5.74, 6) is -0.421. The molecule has 0 aliphatic rings. The van der Waals surface area contributed by atoms with Gasteiger partial charge < -0.3 is 5.32 Å². The molecule has 0 unspecified atom stereocenters. The topological polar surface area (TPSA) is 89.3 Å². The number of rotatable bonds is 4. The Kier molecular flexibility index (Phi) is 5.28. The van der Waals surface area contributed by atoms with Crippen molar-refractivity contribution in [3.63, 3.8) is 0 Å². The number of nitrogens with two attached hydrogens (primary N) is 1. The summed E-state index contributed by atoms with van der Waals surface area (Å²) in [5.41, 5.74) is 0.825. The summed E-state index contributed by atoms with van der Waals surface area (Å²) < 4.78 is 23.3. The second kappa shape index (κ2) is 6.82. The number of benzene rings is 2. The first-order valence-electron chi connectivity index (χ1n) is 6.09. The van der Waals surface area contributed by atoms with E-state index < -0.39 is 15.9 Å². The van der Waals surface area contributed by atoms with Gasteiger partial charge in [0.2, 0.25) is 10.0 Å². The third-order valence-electron chi connectivity index (χ3n) is 2.84.